The highest BCUT2D eigenvalue weighted by Gasteiger charge is 2.39. The van der Waals surface area contributed by atoms with Gasteiger partial charge in [0.2, 0.25) is 5.01 Å². The highest BCUT2D eigenvalue weighted by atomic mass is 79.9. The molecule has 0 aliphatic heterocycles. The van der Waals surface area contributed by atoms with E-state index in [-0.39, 0.29) is 5.75 Å². The van der Waals surface area contributed by atoms with Crippen molar-refractivity contribution in [3.63, 3.8) is 0 Å². The van der Waals surface area contributed by atoms with Gasteiger partial charge in [-0.1, -0.05) is 5.22 Å². The standard InChI is InChI=1S/C8H7BrF3N3O/c9-7(8(10,11)12)16-6-3-1-5(2-4-6)14-15-13/h1-4,7H,(H2,13,14). The number of halogens is 4. The van der Waals surface area contributed by atoms with Crippen LogP contribution in [0.2, 0.25) is 0 Å². The maximum absolute atomic E-state index is 12.1. The number of benzene rings is 1. The Bertz CT molecular complexity index is 355. The molecule has 16 heavy (non-hydrogen) atoms. The third-order valence-corrected chi connectivity index (χ3v) is 2.24. The van der Waals surface area contributed by atoms with Crippen LogP contribution in [0.15, 0.2) is 29.5 Å². The number of ether oxygens (including phenoxy) is 1. The lowest BCUT2D eigenvalue weighted by molar-refractivity contribution is -0.164. The zero-order valence-corrected chi connectivity index (χ0v) is 9.34. The summed E-state index contributed by atoms with van der Waals surface area (Å²) in [6, 6.07) is 5.58. The Hall–Kier alpha value is -1.31. The van der Waals surface area contributed by atoms with E-state index < -0.39 is 11.2 Å². The van der Waals surface area contributed by atoms with Crippen LogP contribution in [-0.2, 0) is 0 Å². The Morgan fingerprint density at radius 2 is 1.88 bits per heavy atom. The van der Waals surface area contributed by atoms with E-state index >= 15 is 0 Å². The highest BCUT2D eigenvalue weighted by molar-refractivity contribution is 9.09. The van der Waals surface area contributed by atoms with E-state index in [0.717, 1.165) is 0 Å². The molecule has 0 aliphatic carbocycles. The second kappa shape index (κ2) is 5.15. The minimum Gasteiger partial charge on any atom is -0.470 e. The summed E-state index contributed by atoms with van der Waals surface area (Å²) in [6.45, 7) is 0. The van der Waals surface area contributed by atoms with E-state index in [2.05, 4.69) is 31.3 Å². The number of rotatable bonds is 4. The van der Waals surface area contributed by atoms with Gasteiger partial charge >= 0.3 is 6.18 Å². The average Bonchev–Trinajstić information content (AvgIpc) is 2.20. The number of nitrogens with one attached hydrogen (secondary N) is 2. The first kappa shape index (κ1) is 12.8. The maximum atomic E-state index is 12.1. The molecule has 0 radical (unpaired) electrons. The van der Waals surface area contributed by atoms with Crippen LogP contribution >= 0.6 is 15.9 Å². The quantitative estimate of drug-likeness (QED) is 0.506. The van der Waals surface area contributed by atoms with Gasteiger partial charge in [0.15, 0.2) is 0 Å². The minimum atomic E-state index is -4.46. The molecule has 2 N–H and O–H groups in total. The summed E-state index contributed by atoms with van der Waals surface area (Å²) >= 11 is 2.37. The van der Waals surface area contributed by atoms with Crippen molar-refractivity contribution in [1.29, 1.82) is 5.53 Å². The van der Waals surface area contributed by atoms with Gasteiger partial charge in [-0.25, -0.2) is 0 Å². The fraction of sp³-hybridized carbons (Fsp3) is 0.250. The van der Waals surface area contributed by atoms with E-state index in [1.807, 2.05) is 0 Å². The zero-order valence-electron chi connectivity index (χ0n) is 7.75. The van der Waals surface area contributed by atoms with Gasteiger partial charge < -0.3 is 4.74 Å². The lowest BCUT2D eigenvalue weighted by atomic mass is 10.3. The summed E-state index contributed by atoms with van der Waals surface area (Å²) in [7, 11) is 0. The number of hydrogen-bond acceptors (Lipinski definition) is 3. The van der Waals surface area contributed by atoms with Crippen molar-refractivity contribution in [3.8, 4) is 5.75 Å². The van der Waals surface area contributed by atoms with E-state index in [1.165, 1.54) is 24.3 Å². The van der Waals surface area contributed by atoms with Crippen molar-refractivity contribution in [3.05, 3.63) is 24.3 Å². The second-order valence-electron chi connectivity index (χ2n) is 2.72. The van der Waals surface area contributed by atoms with Crippen LogP contribution in [0.1, 0.15) is 0 Å². The lowest BCUT2D eigenvalue weighted by Crippen LogP contribution is -2.28. The van der Waals surface area contributed by atoms with Crippen molar-refractivity contribution in [2.75, 3.05) is 5.43 Å². The number of nitrogens with zero attached hydrogens (tertiary/aromatic N) is 1. The average molecular weight is 298 g/mol. The molecule has 1 rings (SSSR count). The minimum absolute atomic E-state index is 0.0646. The zero-order chi connectivity index (χ0) is 12.2. The molecule has 1 unspecified atom stereocenters. The molecule has 0 amide bonds. The fourth-order valence-corrected chi connectivity index (χ4v) is 1.07. The van der Waals surface area contributed by atoms with E-state index in [0.29, 0.717) is 5.69 Å². The van der Waals surface area contributed by atoms with Crippen LogP contribution in [0.4, 0.5) is 18.9 Å². The predicted octanol–water partition coefficient (Wildman–Crippen LogP) is 3.71. The Morgan fingerprint density at radius 3 is 2.31 bits per heavy atom. The topological polar surface area (TPSA) is 57.5 Å². The molecular weight excluding hydrogens is 291 g/mol. The van der Waals surface area contributed by atoms with Gasteiger partial charge in [0.05, 0.1) is 5.69 Å². The van der Waals surface area contributed by atoms with E-state index in [9.17, 15) is 13.2 Å². The molecule has 4 nitrogen and oxygen atoms in total. The first-order valence-corrected chi connectivity index (χ1v) is 4.95. The second-order valence-corrected chi connectivity index (χ2v) is 3.56. The van der Waals surface area contributed by atoms with Gasteiger partial charge in [0.25, 0.3) is 0 Å². The van der Waals surface area contributed by atoms with Gasteiger partial charge in [-0.3, -0.25) is 5.43 Å². The molecule has 0 saturated carbocycles. The van der Waals surface area contributed by atoms with Crippen molar-refractivity contribution in [2.45, 2.75) is 11.2 Å². The number of alkyl halides is 4. The number of hydrogen-bond donors (Lipinski definition) is 2. The Kier molecular flexibility index (Phi) is 4.11. The molecule has 0 spiro atoms. The Morgan fingerprint density at radius 1 is 1.31 bits per heavy atom. The molecule has 0 aromatic heterocycles. The van der Waals surface area contributed by atoms with Gasteiger partial charge in [0.1, 0.15) is 5.75 Å². The molecule has 1 atom stereocenters. The summed E-state index contributed by atoms with van der Waals surface area (Å²) in [5, 5.41) is 0.864. The number of anilines is 1. The first-order chi connectivity index (χ1) is 7.43. The molecule has 1 aromatic carbocycles. The first-order valence-electron chi connectivity index (χ1n) is 4.03. The van der Waals surface area contributed by atoms with Gasteiger partial charge in [-0.2, -0.15) is 18.7 Å². The van der Waals surface area contributed by atoms with Crippen LogP contribution in [0, 0.1) is 5.53 Å². The molecule has 0 heterocycles. The van der Waals surface area contributed by atoms with Gasteiger partial charge in [-0.05, 0) is 40.2 Å². The molecule has 0 aliphatic rings. The molecule has 88 valence electrons. The van der Waals surface area contributed by atoms with Crippen molar-refractivity contribution in [1.82, 2.24) is 0 Å². The molecule has 8 heteroatoms. The van der Waals surface area contributed by atoms with Crippen LogP contribution < -0.4 is 10.2 Å². The van der Waals surface area contributed by atoms with Crippen LogP contribution in [0.5, 0.6) is 5.75 Å². The maximum Gasteiger partial charge on any atom is 0.435 e. The summed E-state index contributed by atoms with van der Waals surface area (Å²) in [6.07, 6.45) is -4.46. The highest BCUT2D eigenvalue weighted by Crippen LogP contribution is 2.29. The van der Waals surface area contributed by atoms with Crippen LogP contribution in [0.25, 0.3) is 0 Å². The summed E-state index contributed by atoms with van der Waals surface area (Å²) in [4.78, 5) is 0. The Labute approximate surface area is 97.4 Å². The third-order valence-electron chi connectivity index (χ3n) is 1.54. The SMILES string of the molecule is N=NNc1ccc(OC(Br)C(F)(F)F)cc1. The predicted molar refractivity (Wildman–Crippen MR) is 54.6 cm³/mol. The smallest absolute Gasteiger partial charge is 0.435 e. The molecule has 1 aromatic rings. The molecule has 0 fully saturated rings. The molecular formula is C8H7BrF3N3O. The van der Waals surface area contributed by atoms with Crippen molar-refractivity contribution < 1.29 is 17.9 Å². The summed E-state index contributed by atoms with van der Waals surface area (Å²) in [5.74, 6) is 0.0646. The van der Waals surface area contributed by atoms with Crippen LogP contribution in [-0.4, -0.2) is 11.2 Å². The largest absolute Gasteiger partial charge is 0.470 e. The normalized spacial score (nSPS) is 13.0. The summed E-state index contributed by atoms with van der Waals surface area (Å²) < 4.78 is 40.9. The third kappa shape index (κ3) is 3.69. The van der Waals surface area contributed by atoms with E-state index in [1.54, 1.807) is 0 Å². The van der Waals surface area contributed by atoms with Crippen molar-refractivity contribution >= 4 is 21.6 Å². The van der Waals surface area contributed by atoms with E-state index in [4.69, 9.17) is 5.53 Å². The monoisotopic (exact) mass is 297 g/mol. The molecule has 0 bridgehead atoms. The van der Waals surface area contributed by atoms with Gasteiger partial charge in [0, 0.05) is 0 Å². The summed E-state index contributed by atoms with van der Waals surface area (Å²) in [5.41, 5.74) is 9.32. The van der Waals surface area contributed by atoms with Crippen molar-refractivity contribution in [2.24, 2.45) is 5.22 Å². The lowest BCUT2D eigenvalue weighted by Gasteiger charge is -2.15. The Balaban J connectivity index is 2.65. The molecule has 0 saturated heterocycles. The fourth-order valence-electron chi connectivity index (χ4n) is 0.859. The van der Waals surface area contributed by atoms with Gasteiger partial charge in [-0.15, -0.1) is 0 Å². The van der Waals surface area contributed by atoms with Crippen LogP contribution in [0.3, 0.4) is 0 Å².